The maximum atomic E-state index is 4.21. The van der Waals surface area contributed by atoms with Crippen molar-refractivity contribution >= 4 is 6.21 Å². The molecule has 0 spiro atoms. The fraction of sp³-hybridized carbons (Fsp3) is 0.385. The van der Waals surface area contributed by atoms with Crippen LogP contribution in [0.3, 0.4) is 0 Å². The molecule has 2 rings (SSSR count). The van der Waals surface area contributed by atoms with E-state index in [-0.39, 0.29) is 40.1 Å². The minimum Gasteiger partial charge on any atom is -0.367 e. The van der Waals surface area contributed by atoms with Crippen LogP contribution in [-0.2, 0) is 39.3 Å². The van der Waals surface area contributed by atoms with Crippen molar-refractivity contribution in [3.63, 3.8) is 0 Å². The van der Waals surface area contributed by atoms with Gasteiger partial charge < -0.3 is 12.4 Å². The normalized spacial score (nSPS) is 11.7. The van der Waals surface area contributed by atoms with E-state index in [0.29, 0.717) is 0 Å². The van der Waals surface area contributed by atoms with Crippen molar-refractivity contribution in [2.24, 2.45) is 4.99 Å². The minimum absolute atomic E-state index is 0. The van der Waals surface area contributed by atoms with E-state index < -0.39 is 0 Å². The van der Waals surface area contributed by atoms with Gasteiger partial charge >= 0.3 is 32.7 Å². The number of rotatable bonds is 0. The summed E-state index contributed by atoms with van der Waals surface area (Å²) in [4.78, 5) is 4.21. The molecular formula is C13H17NY+. The number of hydrogen-bond donors (Lipinski definition) is 0. The largest absolute Gasteiger partial charge is 3.00 e. The average Bonchev–Trinajstić information content (AvgIpc) is 2.59. The predicted molar refractivity (Wildman–Crippen MR) is 62.0 cm³/mol. The molecule has 0 bridgehead atoms. The number of aliphatic imine (C=N–C) groups is 1. The van der Waals surface area contributed by atoms with E-state index in [1.54, 1.807) is 0 Å². The monoisotopic (exact) mass is 276 g/mol. The molecule has 1 aromatic carbocycles. The fourth-order valence-corrected chi connectivity index (χ4v) is 1.94. The molecule has 1 nitrogen and oxygen atoms in total. The van der Waals surface area contributed by atoms with Gasteiger partial charge in [-0.15, -0.1) is 16.7 Å². The molecule has 1 aromatic rings. The van der Waals surface area contributed by atoms with Crippen LogP contribution in [0, 0.1) is 35.1 Å². The van der Waals surface area contributed by atoms with E-state index >= 15 is 0 Å². The second-order valence-corrected chi connectivity index (χ2v) is 3.78. The molecule has 0 fully saturated rings. The molecule has 0 radical (unpaired) electrons. The first-order valence-electron chi connectivity index (χ1n) is 4.64. The van der Waals surface area contributed by atoms with Crippen LogP contribution < -0.4 is 0 Å². The van der Waals surface area contributed by atoms with Gasteiger partial charge in [0, 0.05) is 6.54 Å². The minimum atomic E-state index is 0. The molecule has 1 aliphatic rings. The van der Waals surface area contributed by atoms with Crippen molar-refractivity contribution in [3.8, 4) is 0 Å². The van der Waals surface area contributed by atoms with Gasteiger partial charge in [0.1, 0.15) is 0 Å². The van der Waals surface area contributed by atoms with Gasteiger partial charge in [-0.25, -0.2) is 0 Å². The smallest absolute Gasteiger partial charge is 0.367 e. The average molecular weight is 276 g/mol. The summed E-state index contributed by atoms with van der Waals surface area (Å²) < 4.78 is 0. The summed E-state index contributed by atoms with van der Waals surface area (Å²) in [6.07, 6.45) is 3.10. The Balaban J connectivity index is 0.000000980. The molecule has 1 heterocycles. The SMILES string of the molecule is Cc1c(C)c(C)c2c(c1C)[C-]=NC2.[CH3-].[Y+3]. The Labute approximate surface area is 118 Å². The van der Waals surface area contributed by atoms with Gasteiger partial charge in [0.15, 0.2) is 0 Å². The predicted octanol–water partition coefficient (Wildman–Crippen LogP) is 3.18. The van der Waals surface area contributed by atoms with E-state index in [0.717, 1.165) is 6.54 Å². The van der Waals surface area contributed by atoms with Crippen molar-refractivity contribution in [3.05, 3.63) is 40.8 Å². The van der Waals surface area contributed by atoms with Crippen LogP contribution in [0.1, 0.15) is 33.4 Å². The maximum absolute atomic E-state index is 4.21. The van der Waals surface area contributed by atoms with Gasteiger partial charge in [0.2, 0.25) is 0 Å². The molecule has 76 valence electrons. The Morgan fingerprint density at radius 2 is 1.47 bits per heavy atom. The third-order valence-electron chi connectivity index (χ3n) is 3.24. The Morgan fingerprint density at radius 1 is 0.933 bits per heavy atom. The van der Waals surface area contributed by atoms with Gasteiger partial charge in [0.25, 0.3) is 0 Å². The van der Waals surface area contributed by atoms with Crippen molar-refractivity contribution in [2.75, 3.05) is 0 Å². The van der Waals surface area contributed by atoms with Gasteiger partial charge in [-0.1, -0.05) is 38.1 Å². The standard InChI is InChI=1S/C12H14N.CH3.Y/c1-7-8(2)10(4)12-6-13-5-11(12)9(7)3;;/h5H2,1-4H3;1H3;/q2*-1;+3. The summed E-state index contributed by atoms with van der Waals surface area (Å²) >= 11 is 0. The van der Waals surface area contributed by atoms with Crippen LogP contribution in [0.25, 0.3) is 0 Å². The number of hydrogen-bond acceptors (Lipinski definition) is 1. The number of benzene rings is 1. The summed E-state index contributed by atoms with van der Waals surface area (Å²) in [5.41, 5.74) is 8.16. The van der Waals surface area contributed by atoms with Gasteiger partial charge in [-0.3, -0.25) is 0 Å². The Bertz CT molecular complexity index is 406. The molecular weight excluding hydrogens is 259 g/mol. The van der Waals surface area contributed by atoms with Crippen molar-refractivity contribution in [1.82, 2.24) is 0 Å². The Hall–Kier alpha value is -0.00610. The summed E-state index contributed by atoms with van der Waals surface area (Å²) in [5, 5.41) is 0. The van der Waals surface area contributed by atoms with Crippen molar-refractivity contribution < 1.29 is 32.7 Å². The van der Waals surface area contributed by atoms with Gasteiger partial charge in [0.05, 0.1) is 0 Å². The summed E-state index contributed by atoms with van der Waals surface area (Å²) in [7, 11) is 0. The zero-order valence-electron chi connectivity index (χ0n) is 10.2. The molecule has 0 saturated carbocycles. The van der Waals surface area contributed by atoms with Crippen LogP contribution in [0.4, 0.5) is 0 Å². The number of nitrogens with zero attached hydrogens (tertiary/aromatic N) is 1. The van der Waals surface area contributed by atoms with Crippen molar-refractivity contribution in [2.45, 2.75) is 34.2 Å². The van der Waals surface area contributed by atoms with E-state index in [1.165, 1.54) is 33.4 Å². The van der Waals surface area contributed by atoms with Gasteiger partial charge in [-0.2, -0.15) is 5.56 Å². The second kappa shape index (κ2) is 5.36. The first-order chi connectivity index (χ1) is 6.13. The van der Waals surface area contributed by atoms with Gasteiger partial charge in [-0.05, 0) is 6.92 Å². The molecule has 0 N–H and O–H groups in total. The van der Waals surface area contributed by atoms with Crippen LogP contribution in [0.5, 0.6) is 0 Å². The van der Waals surface area contributed by atoms with E-state index in [2.05, 4.69) is 38.9 Å². The maximum Gasteiger partial charge on any atom is 3.00 e. The van der Waals surface area contributed by atoms with E-state index in [4.69, 9.17) is 0 Å². The molecule has 2 heteroatoms. The quantitative estimate of drug-likeness (QED) is 0.645. The summed E-state index contributed by atoms with van der Waals surface area (Å²) in [6, 6.07) is 0. The zero-order valence-corrected chi connectivity index (χ0v) is 13.1. The van der Waals surface area contributed by atoms with E-state index in [9.17, 15) is 0 Å². The molecule has 15 heavy (non-hydrogen) atoms. The molecule has 1 aliphatic heterocycles. The third kappa shape index (κ3) is 2.24. The fourth-order valence-electron chi connectivity index (χ4n) is 1.94. The molecule has 0 unspecified atom stereocenters. The Kier molecular flexibility index (Phi) is 5.36. The summed E-state index contributed by atoms with van der Waals surface area (Å²) in [5.74, 6) is 0. The van der Waals surface area contributed by atoms with Crippen molar-refractivity contribution in [1.29, 1.82) is 0 Å². The van der Waals surface area contributed by atoms with Crippen LogP contribution in [0.15, 0.2) is 4.99 Å². The molecule has 0 aliphatic carbocycles. The van der Waals surface area contributed by atoms with E-state index in [1.807, 2.05) is 0 Å². The van der Waals surface area contributed by atoms with Crippen LogP contribution >= 0.6 is 0 Å². The molecule has 0 atom stereocenters. The molecule has 0 amide bonds. The topological polar surface area (TPSA) is 12.4 Å². The Morgan fingerprint density at radius 3 is 2.07 bits per heavy atom. The number of fused-ring (bicyclic) bond motifs is 1. The first kappa shape index (κ1) is 15.0. The molecule has 0 aromatic heterocycles. The third-order valence-corrected chi connectivity index (χ3v) is 3.24. The zero-order chi connectivity index (χ0) is 9.59. The molecule has 0 saturated heterocycles. The summed E-state index contributed by atoms with van der Waals surface area (Å²) in [6.45, 7) is 9.54. The van der Waals surface area contributed by atoms with Crippen LogP contribution in [0.2, 0.25) is 0 Å². The van der Waals surface area contributed by atoms with Crippen LogP contribution in [-0.4, -0.2) is 6.21 Å². The second-order valence-electron chi connectivity index (χ2n) is 3.78. The first-order valence-corrected chi connectivity index (χ1v) is 4.64.